The molecule has 0 saturated carbocycles. The summed E-state index contributed by atoms with van der Waals surface area (Å²) in [5.74, 6) is 0.817. The predicted molar refractivity (Wildman–Crippen MR) is 61.5 cm³/mol. The fraction of sp³-hybridized carbons (Fsp3) is 0.455. The van der Waals surface area contributed by atoms with Gasteiger partial charge in [0.1, 0.15) is 5.75 Å². The van der Waals surface area contributed by atoms with Crippen LogP contribution >= 0.6 is 11.6 Å². The van der Waals surface area contributed by atoms with E-state index >= 15 is 0 Å². The molecule has 0 radical (unpaired) electrons. The van der Waals surface area contributed by atoms with Gasteiger partial charge in [0.15, 0.2) is 0 Å². The summed E-state index contributed by atoms with van der Waals surface area (Å²) in [6.07, 6.45) is 0.760. The first-order valence-electron chi connectivity index (χ1n) is 4.77. The molecule has 3 nitrogen and oxygen atoms in total. The van der Waals surface area contributed by atoms with Gasteiger partial charge < -0.3 is 15.2 Å². The number of halogens is 1. The Kier molecular flexibility index (Phi) is 4.88. The quantitative estimate of drug-likeness (QED) is 0.840. The molecule has 0 atom stereocenters. The van der Waals surface area contributed by atoms with Crippen LogP contribution in [0.3, 0.4) is 0 Å². The molecule has 0 amide bonds. The van der Waals surface area contributed by atoms with Gasteiger partial charge in [-0.1, -0.05) is 11.6 Å². The molecule has 0 aromatic heterocycles. The highest BCUT2D eigenvalue weighted by atomic mass is 35.5. The van der Waals surface area contributed by atoms with E-state index in [1.807, 2.05) is 12.1 Å². The van der Waals surface area contributed by atoms with Crippen molar-refractivity contribution < 1.29 is 9.47 Å². The first-order valence-corrected chi connectivity index (χ1v) is 5.15. The molecule has 0 aliphatic heterocycles. The maximum atomic E-state index is 6.10. The Morgan fingerprint density at radius 2 is 2.00 bits per heavy atom. The monoisotopic (exact) mass is 229 g/mol. The highest BCUT2D eigenvalue weighted by Gasteiger charge is 2.08. The second-order valence-corrected chi connectivity index (χ2v) is 3.63. The predicted octanol–water partition coefficient (Wildman–Crippen LogP) is 2.00. The molecule has 2 N–H and O–H groups in total. The molecule has 0 spiro atoms. The Morgan fingerprint density at radius 3 is 2.53 bits per heavy atom. The summed E-state index contributed by atoms with van der Waals surface area (Å²) in [6, 6.07) is 3.79. The van der Waals surface area contributed by atoms with Gasteiger partial charge in [0, 0.05) is 12.1 Å². The Bertz CT molecular complexity index is 329. The summed E-state index contributed by atoms with van der Waals surface area (Å²) < 4.78 is 10.3. The maximum Gasteiger partial charge on any atom is 0.122 e. The maximum absolute atomic E-state index is 6.10. The van der Waals surface area contributed by atoms with E-state index in [4.69, 9.17) is 26.8 Å². The van der Waals surface area contributed by atoms with Gasteiger partial charge in [-0.15, -0.1) is 0 Å². The van der Waals surface area contributed by atoms with Crippen molar-refractivity contribution >= 4 is 11.6 Å². The SMILES string of the molecule is COCc1cc(OC)c(CCN)cc1Cl. The molecule has 84 valence electrons. The summed E-state index contributed by atoms with van der Waals surface area (Å²) in [5, 5.41) is 0.695. The molecule has 0 fully saturated rings. The second kappa shape index (κ2) is 5.95. The minimum atomic E-state index is 0.484. The minimum absolute atomic E-state index is 0.484. The summed E-state index contributed by atoms with van der Waals surface area (Å²) in [4.78, 5) is 0. The fourth-order valence-electron chi connectivity index (χ4n) is 1.44. The van der Waals surface area contributed by atoms with E-state index in [0.717, 1.165) is 23.3 Å². The summed E-state index contributed by atoms with van der Waals surface area (Å²) in [5.41, 5.74) is 7.47. The molecule has 1 rings (SSSR count). The van der Waals surface area contributed by atoms with Crippen LogP contribution in [0, 0.1) is 0 Å². The van der Waals surface area contributed by atoms with E-state index in [1.165, 1.54) is 0 Å². The van der Waals surface area contributed by atoms with Gasteiger partial charge in [0.2, 0.25) is 0 Å². The van der Waals surface area contributed by atoms with E-state index in [1.54, 1.807) is 14.2 Å². The first-order chi connectivity index (χ1) is 7.22. The molecule has 0 aliphatic rings. The Hall–Kier alpha value is -0.770. The molecule has 1 aromatic carbocycles. The molecular weight excluding hydrogens is 214 g/mol. The molecule has 0 unspecified atom stereocenters. The lowest BCUT2D eigenvalue weighted by Crippen LogP contribution is -2.05. The summed E-state index contributed by atoms with van der Waals surface area (Å²) in [6.45, 7) is 1.06. The van der Waals surface area contributed by atoms with Crippen LogP contribution in [0.15, 0.2) is 12.1 Å². The Labute approximate surface area is 95.1 Å². The lowest BCUT2D eigenvalue weighted by Gasteiger charge is -2.11. The van der Waals surface area contributed by atoms with E-state index in [-0.39, 0.29) is 0 Å². The first kappa shape index (κ1) is 12.3. The van der Waals surface area contributed by atoms with Crippen LogP contribution < -0.4 is 10.5 Å². The smallest absolute Gasteiger partial charge is 0.122 e. The van der Waals surface area contributed by atoms with Crippen LogP contribution in [0.5, 0.6) is 5.75 Å². The number of benzene rings is 1. The molecule has 0 saturated heterocycles. The molecule has 0 heterocycles. The average molecular weight is 230 g/mol. The number of ether oxygens (including phenoxy) is 2. The van der Waals surface area contributed by atoms with Gasteiger partial charge in [-0.3, -0.25) is 0 Å². The van der Waals surface area contributed by atoms with Crippen molar-refractivity contribution in [2.45, 2.75) is 13.0 Å². The minimum Gasteiger partial charge on any atom is -0.496 e. The average Bonchev–Trinajstić information content (AvgIpc) is 2.22. The van der Waals surface area contributed by atoms with Gasteiger partial charge in [-0.25, -0.2) is 0 Å². The van der Waals surface area contributed by atoms with Crippen molar-refractivity contribution in [3.63, 3.8) is 0 Å². The van der Waals surface area contributed by atoms with E-state index in [9.17, 15) is 0 Å². The van der Waals surface area contributed by atoms with Crippen molar-refractivity contribution in [3.05, 3.63) is 28.3 Å². The largest absolute Gasteiger partial charge is 0.496 e. The van der Waals surface area contributed by atoms with E-state index in [0.29, 0.717) is 18.2 Å². The molecular formula is C11H16ClNO2. The highest BCUT2D eigenvalue weighted by molar-refractivity contribution is 6.31. The number of nitrogens with two attached hydrogens (primary N) is 1. The van der Waals surface area contributed by atoms with Gasteiger partial charge in [-0.05, 0) is 36.2 Å². The van der Waals surface area contributed by atoms with Crippen molar-refractivity contribution in [2.75, 3.05) is 20.8 Å². The number of hydrogen-bond donors (Lipinski definition) is 1. The molecule has 4 heteroatoms. The normalized spacial score (nSPS) is 10.4. The van der Waals surface area contributed by atoms with Crippen LogP contribution in [0.4, 0.5) is 0 Å². The zero-order chi connectivity index (χ0) is 11.3. The third-order valence-corrected chi connectivity index (χ3v) is 2.51. The van der Waals surface area contributed by atoms with Crippen LogP contribution in [-0.2, 0) is 17.8 Å². The second-order valence-electron chi connectivity index (χ2n) is 3.23. The van der Waals surface area contributed by atoms with Gasteiger partial charge in [0.05, 0.1) is 13.7 Å². The van der Waals surface area contributed by atoms with Gasteiger partial charge in [-0.2, -0.15) is 0 Å². The zero-order valence-electron chi connectivity index (χ0n) is 9.05. The third-order valence-electron chi connectivity index (χ3n) is 2.16. The third kappa shape index (κ3) is 3.09. The fourth-order valence-corrected chi connectivity index (χ4v) is 1.68. The summed E-state index contributed by atoms with van der Waals surface area (Å²) >= 11 is 6.10. The number of methoxy groups -OCH3 is 2. The standard InChI is InChI=1S/C11H16ClNO2/c1-14-7-9-6-11(15-2)8(3-4-13)5-10(9)12/h5-6H,3-4,7,13H2,1-2H3. The lowest BCUT2D eigenvalue weighted by atomic mass is 10.1. The van der Waals surface area contributed by atoms with Crippen LogP contribution in [0.1, 0.15) is 11.1 Å². The van der Waals surface area contributed by atoms with Crippen LogP contribution in [-0.4, -0.2) is 20.8 Å². The highest BCUT2D eigenvalue weighted by Crippen LogP contribution is 2.27. The van der Waals surface area contributed by atoms with Crippen LogP contribution in [0.25, 0.3) is 0 Å². The van der Waals surface area contributed by atoms with Crippen molar-refractivity contribution in [3.8, 4) is 5.75 Å². The number of rotatable bonds is 5. The van der Waals surface area contributed by atoms with Gasteiger partial charge >= 0.3 is 0 Å². The Morgan fingerprint density at radius 1 is 1.27 bits per heavy atom. The molecule has 1 aromatic rings. The molecule has 0 bridgehead atoms. The van der Waals surface area contributed by atoms with E-state index < -0.39 is 0 Å². The molecule has 0 aliphatic carbocycles. The lowest BCUT2D eigenvalue weighted by molar-refractivity contribution is 0.184. The van der Waals surface area contributed by atoms with Crippen molar-refractivity contribution in [1.82, 2.24) is 0 Å². The van der Waals surface area contributed by atoms with Crippen LogP contribution in [0.2, 0.25) is 5.02 Å². The zero-order valence-corrected chi connectivity index (χ0v) is 9.80. The number of hydrogen-bond acceptors (Lipinski definition) is 3. The molecule has 15 heavy (non-hydrogen) atoms. The van der Waals surface area contributed by atoms with Gasteiger partial charge in [0.25, 0.3) is 0 Å². The topological polar surface area (TPSA) is 44.5 Å². The van der Waals surface area contributed by atoms with Crippen molar-refractivity contribution in [1.29, 1.82) is 0 Å². The van der Waals surface area contributed by atoms with E-state index in [2.05, 4.69) is 0 Å². The Balaban J connectivity index is 3.04. The van der Waals surface area contributed by atoms with Crippen molar-refractivity contribution in [2.24, 2.45) is 5.73 Å². The summed E-state index contributed by atoms with van der Waals surface area (Å²) in [7, 11) is 3.27.